The van der Waals surface area contributed by atoms with E-state index in [1.807, 2.05) is 0 Å². The molecule has 1 aromatic carbocycles. The highest BCUT2D eigenvalue weighted by Crippen LogP contribution is 2.32. The third-order valence-electron chi connectivity index (χ3n) is 4.25. The first-order chi connectivity index (χ1) is 13.3. The first kappa shape index (κ1) is 17.9. The zero-order valence-corrected chi connectivity index (χ0v) is 14.2. The number of pyridine rings is 2. The van der Waals surface area contributed by atoms with Crippen LogP contribution in [0.25, 0.3) is 22.3 Å². The largest absolute Gasteiger partial charge is 0.416 e. The average Bonchev–Trinajstić information content (AvgIpc) is 2.96. The fraction of sp³-hybridized carbons (Fsp3) is 0.105. The van der Waals surface area contributed by atoms with Gasteiger partial charge in [-0.05, 0) is 35.4 Å². The number of H-pyrrole nitrogens is 1. The molecule has 0 saturated heterocycles. The summed E-state index contributed by atoms with van der Waals surface area (Å²) in [6, 6.07) is 7.67. The number of nitrogens with zero attached hydrogens (tertiary/aromatic N) is 3. The SMILES string of the molecule is O=c1[nH]c2ncc(-c3cccc(C(F)(F)F)c3)cc2n1Cc1cncc(F)c1. The smallest absolute Gasteiger partial charge is 0.290 e. The molecule has 3 heterocycles. The summed E-state index contributed by atoms with van der Waals surface area (Å²) in [4.78, 5) is 22.7. The van der Waals surface area contributed by atoms with Gasteiger partial charge in [-0.3, -0.25) is 14.5 Å². The lowest BCUT2D eigenvalue weighted by atomic mass is 10.0. The molecule has 0 aliphatic heterocycles. The maximum absolute atomic E-state index is 13.4. The van der Waals surface area contributed by atoms with Gasteiger partial charge in [0.15, 0.2) is 5.65 Å². The van der Waals surface area contributed by atoms with E-state index in [2.05, 4.69) is 15.0 Å². The van der Waals surface area contributed by atoms with Crippen LogP contribution in [0.5, 0.6) is 0 Å². The van der Waals surface area contributed by atoms with E-state index in [1.165, 1.54) is 35.2 Å². The van der Waals surface area contributed by atoms with Gasteiger partial charge in [-0.15, -0.1) is 0 Å². The van der Waals surface area contributed by atoms with Crippen molar-refractivity contribution in [3.8, 4) is 11.1 Å². The molecule has 0 fully saturated rings. The van der Waals surface area contributed by atoms with Gasteiger partial charge in [0.2, 0.25) is 0 Å². The molecule has 0 atom stereocenters. The molecule has 0 aliphatic rings. The Morgan fingerprint density at radius 1 is 1.04 bits per heavy atom. The first-order valence-corrected chi connectivity index (χ1v) is 8.17. The lowest BCUT2D eigenvalue weighted by Gasteiger charge is -2.09. The highest BCUT2D eigenvalue weighted by Gasteiger charge is 2.30. The number of benzene rings is 1. The van der Waals surface area contributed by atoms with Gasteiger partial charge in [0.25, 0.3) is 0 Å². The van der Waals surface area contributed by atoms with Crippen LogP contribution < -0.4 is 5.69 Å². The van der Waals surface area contributed by atoms with Crippen molar-refractivity contribution in [2.45, 2.75) is 12.7 Å². The van der Waals surface area contributed by atoms with Crippen LogP contribution in [0.15, 0.2) is 59.8 Å². The van der Waals surface area contributed by atoms with Gasteiger partial charge in [-0.1, -0.05) is 12.1 Å². The Labute approximate surface area is 155 Å². The van der Waals surface area contributed by atoms with E-state index >= 15 is 0 Å². The molecule has 142 valence electrons. The van der Waals surface area contributed by atoms with E-state index in [-0.39, 0.29) is 12.2 Å². The molecule has 4 rings (SSSR count). The Bertz CT molecular complexity index is 1230. The molecule has 0 spiro atoms. The number of rotatable bonds is 3. The van der Waals surface area contributed by atoms with Gasteiger partial charge in [0, 0.05) is 18.0 Å². The topological polar surface area (TPSA) is 63.6 Å². The number of aromatic amines is 1. The number of halogens is 4. The fourth-order valence-electron chi connectivity index (χ4n) is 2.95. The highest BCUT2D eigenvalue weighted by molar-refractivity contribution is 5.78. The molecule has 0 saturated carbocycles. The van der Waals surface area contributed by atoms with Crippen LogP contribution in [0.1, 0.15) is 11.1 Å². The van der Waals surface area contributed by atoms with Crippen LogP contribution >= 0.6 is 0 Å². The van der Waals surface area contributed by atoms with Gasteiger partial charge in [-0.2, -0.15) is 13.2 Å². The summed E-state index contributed by atoms with van der Waals surface area (Å²) in [6.45, 7) is 0.0390. The van der Waals surface area contributed by atoms with Crippen LogP contribution in [-0.2, 0) is 12.7 Å². The van der Waals surface area contributed by atoms with Crippen molar-refractivity contribution >= 4 is 11.2 Å². The normalized spacial score (nSPS) is 11.9. The van der Waals surface area contributed by atoms with Crippen LogP contribution in [0, 0.1) is 5.82 Å². The van der Waals surface area contributed by atoms with Crippen molar-refractivity contribution in [3.05, 3.63) is 82.4 Å². The number of aromatic nitrogens is 4. The Kier molecular flexibility index (Phi) is 4.21. The Hall–Kier alpha value is -3.49. The molecule has 28 heavy (non-hydrogen) atoms. The van der Waals surface area contributed by atoms with Crippen LogP contribution in [0.4, 0.5) is 17.6 Å². The quantitative estimate of drug-likeness (QED) is 0.540. The molecule has 0 aliphatic carbocycles. The predicted octanol–water partition coefficient (Wildman–Crippen LogP) is 3.99. The minimum atomic E-state index is -4.46. The minimum Gasteiger partial charge on any atom is -0.290 e. The van der Waals surface area contributed by atoms with Crippen molar-refractivity contribution < 1.29 is 17.6 Å². The zero-order chi connectivity index (χ0) is 19.9. The fourth-order valence-corrected chi connectivity index (χ4v) is 2.95. The van der Waals surface area contributed by atoms with E-state index in [0.29, 0.717) is 22.2 Å². The summed E-state index contributed by atoms with van der Waals surface area (Å²) >= 11 is 0. The van der Waals surface area contributed by atoms with Gasteiger partial charge >= 0.3 is 11.9 Å². The molecule has 9 heteroatoms. The van der Waals surface area contributed by atoms with E-state index in [1.54, 1.807) is 6.07 Å². The van der Waals surface area contributed by atoms with E-state index in [4.69, 9.17) is 0 Å². The average molecular weight is 388 g/mol. The summed E-state index contributed by atoms with van der Waals surface area (Å²) in [5.41, 5.74) is 0.637. The van der Waals surface area contributed by atoms with Gasteiger partial charge < -0.3 is 0 Å². The van der Waals surface area contributed by atoms with Crippen LogP contribution in [-0.4, -0.2) is 19.5 Å². The molecular formula is C19H12F4N4O. The third-order valence-corrected chi connectivity index (χ3v) is 4.25. The molecule has 0 unspecified atom stereocenters. The molecule has 1 N–H and O–H groups in total. The monoisotopic (exact) mass is 388 g/mol. The Morgan fingerprint density at radius 2 is 1.86 bits per heavy atom. The first-order valence-electron chi connectivity index (χ1n) is 8.17. The van der Waals surface area contributed by atoms with Crippen LogP contribution in [0.3, 0.4) is 0 Å². The van der Waals surface area contributed by atoms with Gasteiger partial charge in [0.1, 0.15) is 5.82 Å². The summed E-state index contributed by atoms with van der Waals surface area (Å²) in [7, 11) is 0. The second-order valence-corrected chi connectivity index (χ2v) is 6.20. The molecule has 5 nitrogen and oxygen atoms in total. The van der Waals surface area contributed by atoms with Crippen LogP contribution in [0.2, 0.25) is 0 Å². The van der Waals surface area contributed by atoms with E-state index in [9.17, 15) is 22.4 Å². The summed E-state index contributed by atoms with van der Waals surface area (Å²) in [5.74, 6) is -0.534. The number of alkyl halides is 3. The number of nitrogens with one attached hydrogen (secondary N) is 1. The standard InChI is InChI=1S/C19H12F4N4O/c20-15-4-11(7-24-9-15)10-27-16-6-13(8-25-17(16)26-18(27)28)12-2-1-3-14(5-12)19(21,22)23/h1-9H,10H2,(H,25,26,28). The molecule has 0 amide bonds. The number of imidazole rings is 1. The lowest BCUT2D eigenvalue weighted by molar-refractivity contribution is -0.137. The van der Waals surface area contributed by atoms with Crippen molar-refractivity contribution in [2.24, 2.45) is 0 Å². The third kappa shape index (κ3) is 3.38. The summed E-state index contributed by atoms with van der Waals surface area (Å²) < 4.78 is 53.6. The molecular weight excluding hydrogens is 376 g/mol. The van der Waals surface area contributed by atoms with Gasteiger partial charge in [-0.25, -0.2) is 14.2 Å². The maximum atomic E-state index is 13.4. The number of hydrogen-bond donors (Lipinski definition) is 1. The van der Waals surface area contributed by atoms with Crippen molar-refractivity contribution in [1.82, 2.24) is 19.5 Å². The number of fused-ring (bicyclic) bond motifs is 1. The number of hydrogen-bond acceptors (Lipinski definition) is 3. The summed E-state index contributed by atoms with van der Waals surface area (Å²) in [6.07, 6.45) is -0.594. The highest BCUT2D eigenvalue weighted by atomic mass is 19.4. The second-order valence-electron chi connectivity index (χ2n) is 6.20. The van der Waals surface area contributed by atoms with Crippen molar-refractivity contribution in [1.29, 1.82) is 0 Å². The zero-order valence-electron chi connectivity index (χ0n) is 14.2. The maximum Gasteiger partial charge on any atom is 0.416 e. The predicted molar refractivity (Wildman–Crippen MR) is 94.1 cm³/mol. The molecule has 0 radical (unpaired) electrons. The second kappa shape index (κ2) is 6.59. The van der Waals surface area contributed by atoms with Crippen molar-refractivity contribution in [3.63, 3.8) is 0 Å². The Balaban J connectivity index is 1.80. The minimum absolute atomic E-state index is 0.0390. The molecule has 3 aromatic heterocycles. The molecule has 0 bridgehead atoms. The molecule has 4 aromatic rings. The lowest BCUT2D eigenvalue weighted by Crippen LogP contribution is -2.17. The van der Waals surface area contributed by atoms with Gasteiger partial charge in [0.05, 0.1) is 23.8 Å². The Morgan fingerprint density at radius 3 is 2.61 bits per heavy atom. The summed E-state index contributed by atoms with van der Waals surface area (Å²) in [5, 5.41) is 0. The van der Waals surface area contributed by atoms with E-state index in [0.717, 1.165) is 18.3 Å². The van der Waals surface area contributed by atoms with E-state index < -0.39 is 23.2 Å². The van der Waals surface area contributed by atoms with Crippen molar-refractivity contribution in [2.75, 3.05) is 0 Å².